The van der Waals surface area contributed by atoms with Gasteiger partial charge >= 0.3 is 12.4 Å². The van der Waals surface area contributed by atoms with E-state index in [2.05, 4.69) is 19.9 Å². The normalized spacial score (nSPS) is 14.6. The second kappa shape index (κ2) is 20.8. The molecule has 2 heterocycles. The van der Waals surface area contributed by atoms with E-state index < -0.39 is 149 Å². The van der Waals surface area contributed by atoms with Crippen molar-refractivity contribution in [1.82, 2.24) is 19.9 Å². The van der Waals surface area contributed by atoms with Gasteiger partial charge in [-0.15, -0.1) is 0 Å². The monoisotopic (exact) mass is 1120 g/mol. The summed E-state index contributed by atoms with van der Waals surface area (Å²) in [6.45, 7) is 0. The molecule has 400 valence electrons. The number of rotatable bonds is 8. The Morgan fingerprint density at radius 3 is 0.793 bits per heavy atom. The van der Waals surface area contributed by atoms with Crippen molar-refractivity contribution in [3.05, 3.63) is 247 Å². The molecule has 0 spiro atoms. The molecule has 0 saturated heterocycles. The number of aromatic nitrogens is 4. The summed E-state index contributed by atoms with van der Waals surface area (Å²) >= 11 is 0. The second-order valence-corrected chi connectivity index (χ2v) is 17.6. The van der Waals surface area contributed by atoms with Crippen LogP contribution in [0.1, 0.15) is 33.9 Å². The molecule has 0 fully saturated rings. The molecule has 22 heteroatoms. The van der Waals surface area contributed by atoms with E-state index in [1.165, 1.54) is 72.8 Å². The molecule has 0 radical (unpaired) electrons. The maximum atomic E-state index is 16.7. The molecule has 8 aromatic rings. The Balaban J connectivity index is 1.46. The Kier molecular flexibility index (Phi) is 13.8. The minimum Gasteiger partial charge on any atom is -0.228 e. The molecule has 6 aromatic carbocycles. The van der Waals surface area contributed by atoms with E-state index in [0.717, 1.165) is 0 Å². The second-order valence-electron chi connectivity index (χ2n) is 17.6. The van der Waals surface area contributed by atoms with Gasteiger partial charge in [0, 0.05) is 55.7 Å². The summed E-state index contributed by atoms with van der Waals surface area (Å²) in [7, 11) is 0. The molecule has 2 aliphatic rings. The summed E-state index contributed by atoms with van der Waals surface area (Å²) < 4.78 is 215. The lowest BCUT2D eigenvalue weighted by atomic mass is 9.85. The summed E-state index contributed by atoms with van der Waals surface area (Å²) in [6, 6.07) is 39.4. The predicted octanol–water partition coefficient (Wildman–Crippen LogP) is 15.6. The SMILES string of the molecule is N#CC1=C(c2nc(-c3ccccc3)cc(-c3ccccc3)n2)/C(=C(\C#N)c2c(F)c(F)c(C(F)(F)F)c(F)c2F)C2=C1/C(=C(/C#N)c1c(F)c(F)c(C(F)(F)F)c(F)c1F)C(c1nc(-c3ccccc3)cc(-c3ccccc3)n1)=C2C#N. The van der Waals surface area contributed by atoms with Gasteiger partial charge in [-0.05, 0) is 12.1 Å². The van der Waals surface area contributed by atoms with Gasteiger partial charge in [0.25, 0.3) is 0 Å². The zero-order valence-corrected chi connectivity index (χ0v) is 40.6. The fourth-order valence-electron chi connectivity index (χ4n) is 9.49. The predicted molar refractivity (Wildman–Crippen MR) is 266 cm³/mol. The molecule has 82 heavy (non-hydrogen) atoms. The molecule has 2 aliphatic carbocycles. The number of benzene rings is 6. The van der Waals surface area contributed by atoms with Crippen molar-refractivity contribution < 1.29 is 61.5 Å². The summed E-state index contributed by atoms with van der Waals surface area (Å²) in [6.07, 6.45) is -12.3. The molecule has 0 unspecified atom stereocenters. The Morgan fingerprint density at radius 1 is 0.341 bits per heavy atom. The lowest BCUT2D eigenvalue weighted by molar-refractivity contribution is -0.144. The third kappa shape index (κ3) is 8.98. The maximum Gasteiger partial charge on any atom is 0.422 e. The Morgan fingerprint density at radius 2 is 0.585 bits per heavy atom. The summed E-state index contributed by atoms with van der Waals surface area (Å²) in [5.41, 5.74) is -22.4. The number of halogens is 14. The first-order valence-electron chi connectivity index (χ1n) is 23.4. The van der Waals surface area contributed by atoms with Crippen molar-refractivity contribution in [2.24, 2.45) is 0 Å². The number of alkyl halides is 6. The number of nitriles is 4. The highest BCUT2D eigenvalue weighted by Gasteiger charge is 2.50. The van der Waals surface area contributed by atoms with Crippen LogP contribution in [0.2, 0.25) is 0 Å². The minimum absolute atomic E-state index is 0.0761. The van der Waals surface area contributed by atoms with Crippen LogP contribution in [0, 0.1) is 91.9 Å². The van der Waals surface area contributed by atoms with Gasteiger partial charge in [0.05, 0.1) is 56.2 Å². The van der Waals surface area contributed by atoms with Crippen LogP contribution < -0.4 is 0 Å². The molecule has 0 N–H and O–H groups in total. The molecular weight excluding hydrogens is 1100 g/mol. The smallest absolute Gasteiger partial charge is 0.228 e. The highest BCUT2D eigenvalue weighted by atomic mass is 19.4. The van der Waals surface area contributed by atoms with E-state index in [1.807, 2.05) is 0 Å². The molecular formula is C60H22F14N8. The van der Waals surface area contributed by atoms with Crippen LogP contribution in [0.4, 0.5) is 61.5 Å². The van der Waals surface area contributed by atoms with E-state index in [-0.39, 0.29) is 45.0 Å². The van der Waals surface area contributed by atoms with Crippen molar-refractivity contribution >= 4 is 22.3 Å². The number of hydrogen-bond donors (Lipinski definition) is 0. The highest BCUT2D eigenvalue weighted by Crippen LogP contribution is 2.60. The fraction of sp³-hybridized carbons (Fsp3) is 0.0333. The molecule has 0 bridgehead atoms. The van der Waals surface area contributed by atoms with E-state index in [1.54, 1.807) is 84.9 Å². The zero-order chi connectivity index (χ0) is 58.7. The first-order chi connectivity index (χ1) is 39.2. The van der Waals surface area contributed by atoms with Crippen molar-refractivity contribution in [2.45, 2.75) is 12.4 Å². The Hall–Kier alpha value is -10.8. The van der Waals surface area contributed by atoms with Gasteiger partial charge in [0.15, 0.2) is 58.2 Å². The Labute approximate surface area is 452 Å². The van der Waals surface area contributed by atoms with Crippen LogP contribution in [-0.2, 0) is 12.4 Å². The fourth-order valence-corrected chi connectivity index (χ4v) is 9.49. The standard InChI is InChI=1S/C60H22F14N8/c61-49-45(50(62)54(66)47(53(49)65)59(69,70)71)33(25-77)41-40-32(24-76)44(58-81-37(29-17-9-3-10-18-29)22-38(82-58)30-19-11-4-12-20-30)42(34(26-78)46-51(63)55(67)48(60(72,73)74)56(68)52(46)64)39(40)31(23-75)43(41)57-79-35(27-13-5-1-6-14-27)21-36(80-57)28-15-7-2-8-16-28/h1-22H/b41-33+,42-34+. The minimum atomic E-state index is -6.14. The van der Waals surface area contributed by atoms with Gasteiger partial charge in [-0.2, -0.15) is 47.4 Å². The van der Waals surface area contributed by atoms with Crippen LogP contribution in [0.3, 0.4) is 0 Å². The third-order valence-corrected chi connectivity index (χ3v) is 13.0. The first-order valence-corrected chi connectivity index (χ1v) is 23.4. The van der Waals surface area contributed by atoms with Crippen LogP contribution in [-0.4, -0.2) is 19.9 Å². The summed E-state index contributed by atoms with van der Waals surface area (Å²) in [4.78, 5) is 18.3. The molecule has 0 atom stereocenters. The van der Waals surface area contributed by atoms with E-state index in [4.69, 9.17) is 0 Å². The van der Waals surface area contributed by atoms with Crippen molar-refractivity contribution in [1.29, 1.82) is 21.0 Å². The molecule has 8 nitrogen and oxygen atoms in total. The van der Waals surface area contributed by atoms with Gasteiger partial charge in [0.2, 0.25) is 0 Å². The molecule has 0 saturated carbocycles. The van der Waals surface area contributed by atoms with Gasteiger partial charge < -0.3 is 0 Å². The molecule has 0 amide bonds. The molecule has 0 aliphatic heterocycles. The number of hydrogen-bond acceptors (Lipinski definition) is 8. The van der Waals surface area contributed by atoms with E-state index in [9.17, 15) is 47.4 Å². The zero-order valence-electron chi connectivity index (χ0n) is 40.6. The average molecular weight is 1120 g/mol. The van der Waals surface area contributed by atoms with Gasteiger partial charge in [-0.3, -0.25) is 0 Å². The molecule has 2 aromatic heterocycles. The van der Waals surface area contributed by atoms with E-state index >= 15 is 35.1 Å². The molecule has 10 rings (SSSR count). The Bertz CT molecular complexity index is 3950. The van der Waals surface area contributed by atoms with Gasteiger partial charge in [-0.1, -0.05) is 121 Å². The summed E-state index contributed by atoms with van der Waals surface area (Å²) in [5, 5.41) is 45.4. The lowest BCUT2D eigenvalue weighted by Gasteiger charge is -2.19. The van der Waals surface area contributed by atoms with Crippen molar-refractivity contribution in [2.75, 3.05) is 0 Å². The number of nitrogens with zero attached hydrogens (tertiary/aromatic N) is 8. The van der Waals surface area contributed by atoms with Crippen LogP contribution in [0.15, 0.2) is 167 Å². The topological polar surface area (TPSA) is 147 Å². The van der Waals surface area contributed by atoms with Crippen molar-refractivity contribution in [3.63, 3.8) is 0 Å². The van der Waals surface area contributed by atoms with Crippen LogP contribution >= 0.6 is 0 Å². The first kappa shape index (κ1) is 54.5. The van der Waals surface area contributed by atoms with E-state index in [0.29, 0.717) is 0 Å². The lowest BCUT2D eigenvalue weighted by Crippen LogP contribution is -2.17. The quantitative estimate of drug-likeness (QED) is 0.0830. The van der Waals surface area contributed by atoms with Gasteiger partial charge in [0.1, 0.15) is 35.4 Å². The summed E-state index contributed by atoms with van der Waals surface area (Å²) in [5.74, 6) is -25.6. The average Bonchev–Trinajstić information content (AvgIpc) is 1.82. The largest absolute Gasteiger partial charge is 0.422 e. The maximum absolute atomic E-state index is 16.7. The van der Waals surface area contributed by atoms with Crippen LogP contribution in [0.5, 0.6) is 0 Å². The third-order valence-electron chi connectivity index (χ3n) is 13.0. The highest BCUT2D eigenvalue weighted by molar-refractivity contribution is 6.16. The van der Waals surface area contributed by atoms with Crippen LogP contribution in [0.25, 0.3) is 67.3 Å². The number of allylic oxidation sites excluding steroid dienone is 10. The van der Waals surface area contributed by atoms with Gasteiger partial charge in [-0.25, -0.2) is 55.1 Å². The van der Waals surface area contributed by atoms with Crippen molar-refractivity contribution in [3.8, 4) is 69.3 Å².